The molecular weight excluding hydrogens is 318 g/mol. The summed E-state index contributed by atoms with van der Waals surface area (Å²) in [7, 11) is 0. The Bertz CT molecular complexity index is 813. The van der Waals surface area contributed by atoms with Gasteiger partial charge in [-0.2, -0.15) is 4.98 Å². The van der Waals surface area contributed by atoms with Crippen molar-refractivity contribution in [3.05, 3.63) is 16.7 Å². The maximum atomic E-state index is 12.1. The van der Waals surface area contributed by atoms with Crippen LogP contribution in [-0.2, 0) is 9.53 Å². The molecule has 4 N–H and O–H groups in total. The number of aliphatic hydroxyl groups excluding tert-OH is 2. The molecule has 3 rings (SSSR count). The monoisotopic (exact) mass is 337 g/mol. The predicted molar refractivity (Wildman–Crippen MR) is 83.2 cm³/mol. The number of nitrogens with zero attached hydrogens (tertiary/aromatic N) is 3. The number of aromatic amines is 1. The van der Waals surface area contributed by atoms with Gasteiger partial charge in [-0.15, -0.1) is 0 Å². The van der Waals surface area contributed by atoms with Crippen LogP contribution in [0, 0.1) is 5.92 Å². The van der Waals surface area contributed by atoms with E-state index < -0.39 is 24.0 Å². The van der Waals surface area contributed by atoms with Gasteiger partial charge in [0.1, 0.15) is 12.3 Å². The first-order chi connectivity index (χ1) is 11.4. The molecule has 1 amide bonds. The maximum Gasteiger partial charge on any atom is 0.280 e. The Hall–Kier alpha value is -2.30. The van der Waals surface area contributed by atoms with E-state index in [9.17, 15) is 19.8 Å². The molecule has 0 bridgehead atoms. The van der Waals surface area contributed by atoms with Crippen LogP contribution in [0.2, 0.25) is 0 Å². The van der Waals surface area contributed by atoms with Crippen molar-refractivity contribution in [2.24, 2.45) is 5.92 Å². The number of imidazole rings is 1. The third-order valence-corrected chi connectivity index (χ3v) is 3.89. The van der Waals surface area contributed by atoms with Crippen LogP contribution in [0.15, 0.2) is 11.1 Å². The lowest BCUT2D eigenvalue weighted by molar-refractivity contribution is -0.118. The highest BCUT2D eigenvalue weighted by Crippen LogP contribution is 2.30. The summed E-state index contributed by atoms with van der Waals surface area (Å²) in [6.45, 7) is 3.13. The van der Waals surface area contributed by atoms with Crippen molar-refractivity contribution in [1.82, 2.24) is 19.5 Å². The Balaban J connectivity index is 1.97. The predicted octanol–water partition coefficient (Wildman–Crippen LogP) is -0.645. The molecule has 3 heterocycles. The Morgan fingerprint density at radius 3 is 2.96 bits per heavy atom. The van der Waals surface area contributed by atoms with E-state index in [-0.39, 0.29) is 42.0 Å². The summed E-state index contributed by atoms with van der Waals surface area (Å²) in [5.74, 6) is -0.531. The van der Waals surface area contributed by atoms with Crippen LogP contribution in [0.3, 0.4) is 0 Å². The number of ether oxygens (including phenoxy) is 1. The lowest BCUT2D eigenvalue weighted by Crippen LogP contribution is -2.24. The number of fused-ring (bicyclic) bond motifs is 1. The summed E-state index contributed by atoms with van der Waals surface area (Å²) < 4.78 is 7.07. The maximum absolute atomic E-state index is 12.1. The topological polar surface area (TPSA) is 142 Å². The van der Waals surface area contributed by atoms with E-state index in [1.54, 1.807) is 13.8 Å². The number of rotatable bonds is 4. The highest BCUT2D eigenvalue weighted by Gasteiger charge is 2.35. The zero-order valence-corrected chi connectivity index (χ0v) is 13.3. The van der Waals surface area contributed by atoms with Crippen LogP contribution in [0.1, 0.15) is 26.5 Å². The fourth-order valence-electron chi connectivity index (χ4n) is 2.51. The Labute approximate surface area is 136 Å². The summed E-state index contributed by atoms with van der Waals surface area (Å²) in [5, 5.41) is 21.6. The zero-order chi connectivity index (χ0) is 17.4. The van der Waals surface area contributed by atoms with Gasteiger partial charge in [-0.3, -0.25) is 24.5 Å². The standard InChI is InChI=1S/C14H19N5O5/c1-6(2)12(22)17-14-16-11-10(13(23)18-14)15-5-19(11)9-3-7(21)8(4-20)24-9/h5-9,20-21H,3-4H2,1-2H3,(H2,16,17,18,22,23)/t7-,8?,9+/m0/s1. The van der Waals surface area contributed by atoms with E-state index in [1.165, 1.54) is 10.9 Å². The first kappa shape index (κ1) is 16.6. The van der Waals surface area contributed by atoms with Crippen LogP contribution in [0.4, 0.5) is 5.95 Å². The number of hydrogen-bond acceptors (Lipinski definition) is 7. The largest absolute Gasteiger partial charge is 0.394 e. The SMILES string of the molecule is CC(C)C(=O)Nc1nc2c(ncn2[C@H]2C[C@H](O)C(CO)O2)c(=O)[nH]1. The zero-order valence-electron chi connectivity index (χ0n) is 13.3. The Morgan fingerprint density at radius 2 is 2.33 bits per heavy atom. The molecule has 3 atom stereocenters. The van der Waals surface area contributed by atoms with E-state index in [4.69, 9.17) is 4.74 Å². The van der Waals surface area contributed by atoms with Crippen LogP contribution >= 0.6 is 0 Å². The average molecular weight is 337 g/mol. The highest BCUT2D eigenvalue weighted by molar-refractivity contribution is 5.91. The van der Waals surface area contributed by atoms with Crippen molar-refractivity contribution < 1.29 is 19.7 Å². The number of aliphatic hydroxyl groups is 2. The summed E-state index contributed by atoms with van der Waals surface area (Å²) in [6.07, 6.45) is -0.504. The Morgan fingerprint density at radius 1 is 1.58 bits per heavy atom. The first-order valence-electron chi connectivity index (χ1n) is 7.62. The summed E-state index contributed by atoms with van der Waals surface area (Å²) in [6, 6.07) is 0. The van der Waals surface area contributed by atoms with Gasteiger partial charge >= 0.3 is 0 Å². The van der Waals surface area contributed by atoms with Crippen LogP contribution in [-0.4, -0.2) is 54.5 Å². The molecule has 0 aromatic carbocycles. The third kappa shape index (κ3) is 2.90. The van der Waals surface area contributed by atoms with Crippen molar-refractivity contribution in [2.75, 3.05) is 11.9 Å². The molecule has 10 nitrogen and oxygen atoms in total. The van der Waals surface area contributed by atoms with Gasteiger partial charge in [0.05, 0.1) is 19.0 Å². The number of H-pyrrole nitrogens is 1. The van der Waals surface area contributed by atoms with Gasteiger partial charge in [0.25, 0.3) is 5.56 Å². The molecule has 2 aromatic rings. The second-order valence-electron chi connectivity index (χ2n) is 6.00. The summed E-state index contributed by atoms with van der Waals surface area (Å²) >= 11 is 0. The first-order valence-corrected chi connectivity index (χ1v) is 7.62. The Kier molecular flexibility index (Phi) is 4.35. The lowest BCUT2D eigenvalue weighted by Gasteiger charge is -2.14. The number of nitrogens with one attached hydrogen (secondary N) is 2. The molecule has 1 unspecified atom stereocenters. The lowest BCUT2D eigenvalue weighted by atomic mass is 10.2. The van der Waals surface area contributed by atoms with Gasteiger partial charge < -0.3 is 14.9 Å². The molecule has 0 spiro atoms. The van der Waals surface area contributed by atoms with Crippen molar-refractivity contribution in [2.45, 2.75) is 38.7 Å². The normalized spacial score (nSPS) is 24.0. The van der Waals surface area contributed by atoms with E-state index in [0.29, 0.717) is 0 Å². The third-order valence-electron chi connectivity index (χ3n) is 3.89. The number of aromatic nitrogens is 4. The minimum atomic E-state index is -0.820. The molecular formula is C14H19N5O5. The van der Waals surface area contributed by atoms with Gasteiger partial charge in [-0.1, -0.05) is 13.8 Å². The minimum Gasteiger partial charge on any atom is -0.394 e. The van der Waals surface area contributed by atoms with Gasteiger partial charge in [0.2, 0.25) is 11.9 Å². The van der Waals surface area contributed by atoms with Gasteiger partial charge in [0.15, 0.2) is 11.2 Å². The average Bonchev–Trinajstić information content (AvgIpc) is 3.10. The molecule has 0 aliphatic carbocycles. The smallest absolute Gasteiger partial charge is 0.280 e. The number of hydrogen-bond donors (Lipinski definition) is 4. The molecule has 2 aromatic heterocycles. The van der Waals surface area contributed by atoms with Gasteiger partial charge in [-0.05, 0) is 0 Å². The van der Waals surface area contributed by atoms with Crippen molar-refractivity contribution in [3.63, 3.8) is 0 Å². The van der Waals surface area contributed by atoms with Crippen LogP contribution in [0.25, 0.3) is 11.2 Å². The van der Waals surface area contributed by atoms with E-state index in [0.717, 1.165) is 0 Å². The number of carbonyl (C=O) groups excluding carboxylic acids is 1. The summed E-state index contributed by atoms with van der Waals surface area (Å²) in [5.41, 5.74) is -0.160. The fourth-order valence-corrected chi connectivity index (χ4v) is 2.51. The molecule has 1 aliphatic rings. The highest BCUT2D eigenvalue weighted by atomic mass is 16.5. The second-order valence-corrected chi connectivity index (χ2v) is 6.00. The van der Waals surface area contributed by atoms with Gasteiger partial charge in [0, 0.05) is 12.3 Å². The second kappa shape index (κ2) is 6.30. The van der Waals surface area contributed by atoms with E-state index >= 15 is 0 Å². The molecule has 0 radical (unpaired) electrons. The molecule has 1 saturated heterocycles. The quantitative estimate of drug-likeness (QED) is 0.581. The minimum absolute atomic E-state index is 0.0187. The van der Waals surface area contributed by atoms with Gasteiger partial charge in [-0.25, -0.2) is 4.98 Å². The number of carbonyl (C=O) groups is 1. The van der Waals surface area contributed by atoms with Crippen LogP contribution < -0.4 is 10.9 Å². The van der Waals surface area contributed by atoms with Crippen LogP contribution in [0.5, 0.6) is 0 Å². The van der Waals surface area contributed by atoms with Crippen molar-refractivity contribution in [3.8, 4) is 0 Å². The number of amides is 1. The van der Waals surface area contributed by atoms with Crippen molar-refractivity contribution in [1.29, 1.82) is 0 Å². The molecule has 1 aliphatic heterocycles. The van der Waals surface area contributed by atoms with E-state index in [2.05, 4.69) is 20.3 Å². The molecule has 130 valence electrons. The molecule has 10 heteroatoms. The van der Waals surface area contributed by atoms with Crippen molar-refractivity contribution >= 4 is 23.0 Å². The molecule has 0 saturated carbocycles. The summed E-state index contributed by atoms with van der Waals surface area (Å²) in [4.78, 5) is 34.6. The molecule has 1 fully saturated rings. The van der Waals surface area contributed by atoms with E-state index in [1.807, 2.05) is 0 Å². The fraction of sp³-hybridized carbons (Fsp3) is 0.571. The molecule has 24 heavy (non-hydrogen) atoms. The number of anilines is 1.